The van der Waals surface area contributed by atoms with E-state index >= 15 is 0 Å². The van der Waals surface area contributed by atoms with Gasteiger partial charge < -0.3 is 19.2 Å². The fourth-order valence-corrected chi connectivity index (χ4v) is 4.24. The smallest absolute Gasteiger partial charge is 0.254 e. The first kappa shape index (κ1) is 24.2. The lowest BCUT2D eigenvalue weighted by Crippen LogP contribution is -2.45. The maximum absolute atomic E-state index is 13.6. The number of hydrogen-bond acceptors (Lipinski definition) is 5. The van der Waals surface area contributed by atoms with Gasteiger partial charge in [0.25, 0.3) is 5.91 Å². The van der Waals surface area contributed by atoms with E-state index in [1.165, 1.54) is 12.1 Å². The molecule has 1 aromatic heterocycles. The van der Waals surface area contributed by atoms with Crippen LogP contribution in [0.4, 0.5) is 10.3 Å². The molecular weight excluding hydrogens is 455 g/mol. The van der Waals surface area contributed by atoms with Crippen LogP contribution in [0.25, 0.3) is 11.3 Å². The minimum atomic E-state index is -0.313. The molecule has 1 atom stereocenters. The first-order valence-corrected chi connectivity index (χ1v) is 12.0. The van der Waals surface area contributed by atoms with Crippen molar-refractivity contribution >= 4 is 23.4 Å². The van der Waals surface area contributed by atoms with E-state index < -0.39 is 0 Å². The molecule has 0 bridgehead atoms. The van der Waals surface area contributed by atoms with Gasteiger partial charge >= 0.3 is 0 Å². The SMILES string of the molecule is CC[C@H](C)N(Cc1c(-c2ccc(F)cc2)noc1N1CCN(C)CC1)C(=O)c1ccc(Cl)cc1. The van der Waals surface area contributed by atoms with E-state index in [9.17, 15) is 9.18 Å². The van der Waals surface area contributed by atoms with E-state index in [-0.39, 0.29) is 17.8 Å². The lowest BCUT2D eigenvalue weighted by atomic mass is 10.0. The van der Waals surface area contributed by atoms with Crippen LogP contribution in [-0.4, -0.2) is 60.1 Å². The molecule has 0 spiro atoms. The maximum Gasteiger partial charge on any atom is 0.254 e. The normalized spacial score (nSPS) is 15.4. The van der Waals surface area contributed by atoms with Gasteiger partial charge in [0, 0.05) is 48.4 Å². The molecule has 1 amide bonds. The molecule has 2 aromatic carbocycles. The number of carbonyl (C=O) groups excluding carboxylic acids is 1. The second-order valence-electron chi connectivity index (χ2n) is 8.81. The van der Waals surface area contributed by atoms with Crippen LogP contribution in [0.1, 0.15) is 36.2 Å². The second kappa shape index (κ2) is 10.6. The highest BCUT2D eigenvalue weighted by Crippen LogP contribution is 2.34. The standard InChI is InChI=1S/C26H30ClFN4O2/c1-4-18(2)32(25(33)20-5-9-21(27)10-6-20)17-23-24(19-7-11-22(28)12-8-19)29-34-26(23)31-15-13-30(3)14-16-31/h5-12,18H,4,13-17H2,1-3H3/t18-/m0/s1. The van der Waals surface area contributed by atoms with E-state index in [0.717, 1.165) is 43.7 Å². The largest absolute Gasteiger partial charge is 0.338 e. The summed E-state index contributed by atoms with van der Waals surface area (Å²) in [5, 5.41) is 4.97. The second-order valence-corrected chi connectivity index (χ2v) is 9.25. The molecule has 1 saturated heterocycles. The number of benzene rings is 2. The summed E-state index contributed by atoms with van der Waals surface area (Å²) < 4.78 is 19.5. The quantitative estimate of drug-likeness (QED) is 0.454. The van der Waals surface area contributed by atoms with Crippen molar-refractivity contribution in [3.05, 3.63) is 70.5 Å². The van der Waals surface area contributed by atoms with Gasteiger partial charge in [-0.1, -0.05) is 23.7 Å². The zero-order chi connectivity index (χ0) is 24.2. The van der Waals surface area contributed by atoms with Gasteiger partial charge in [-0.25, -0.2) is 4.39 Å². The Morgan fingerprint density at radius 1 is 1.12 bits per heavy atom. The predicted octanol–water partition coefficient (Wildman–Crippen LogP) is 5.33. The number of anilines is 1. The predicted molar refractivity (Wildman–Crippen MR) is 133 cm³/mol. The number of aromatic nitrogens is 1. The highest BCUT2D eigenvalue weighted by atomic mass is 35.5. The van der Waals surface area contributed by atoms with Gasteiger partial charge in [0.2, 0.25) is 5.88 Å². The molecule has 8 heteroatoms. The third kappa shape index (κ3) is 5.26. The summed E-state index contributed by atoms with van der Waals surface area (Å²) in [6, 6.07) is 13.1. The van der Waals surface area contributed by atoms with Gasteiger partial charge in [0.05, 0.1) is 12.1 Å². The fourth-order valence-electron chi connectivity index (χ4n) is 4.11. The Kier molecular flexibility index (Phi) is 7.54. The van der Waals surface area contributed by atoms with Gasteiger partial charge in [-0.05, 0) is 68.9 Å². The van der Waals surface area contributed by atoms with Crippen LogP contribution < -0.4 is 4.90 Å². The van der Waals surface area contributed by atoms with Crippen LogP contribution in [0.2, 0.25) is 5.02 Å². The lowest BCUT2D eigenvalue weighted by molar-refractivity contribution is 0.0672. The Hall–Kier alpha value is -2.90. The minimum absolute atomic E-state index is 0.0144. The van der Waals surface area contributed by atoms with Crippen molar-refractivity contribution in [2.24, 2.45) is 0 Å². The number of amides is 1. The van der Waals surface area contributed by atoms with Crippen LogP contribution in [0.3, 0.4) is 0 Å². The molecule has 0 N–H and O–H groups in total. The number of carbonyl (C=O) groups is 1. The van der Waals surface area contributed by atoms with Crippen molar-refractivity contribution in [3.8, 4) is 11.3 Å². The van der Waals surface area contributed by atoms with E-state index in [1.807, 2.05) is 11.8 Å². The average Bonchev–Trinajstić information content (AvgIpc) is 3.26. The van der Waals surface area contributed by atoms with Crippen LogP contribution in [0.5, 0.6) is 0 Å². The molecule has 2 heterocycles. The molecule has 34 heavy (non-hydrogen) atoms. The molecule has 4 rings (SSSR count). The third-order valence-corrected chi connectivity index (χ3v) is 6.73. The summed E-state index contributed by atoms with van der Waals surface area (Å²) in [4.78, 5) is 19.9. The van der Waals surface area contributed by atoms with Crippen LogP contribution in [-0.2, 0) is 6.54 Å². The van der Waals surface area contributed by atoms with Crippen LogP contribution in [0, 0.1) is 5.82 Å². The number of rotatable bonds is 7. The molecule has 6 nitrogen and oxygen atoms in total. The van der Waals surface area contributed by atoms with Crippen molar-refractivity contribution in [1.29, 1.82) is 0 Å². The van der Waals surface area contributed by atoms with E-state index in [2.05, 4.69) is 28.9 Å². The number of nitrogens with zero attached hydrogens (tertiary/aromatic N) is 4. The minimum Gasteiger partial charge on any atom is -0.338 e. The van der Waals surface area contributed by atoms with Crippen molar-refractivity contribution in [2.45, 2.75) is 32.9 Å². The van der Waals surface area contributed by atoms with E-state index in [4.69, 9.17) is 16.1 Å². The van der Waals surface area contributed by atoms with Gasteiger partial charge in [-0.15, -0.1) is 0 Å². The van der Waals surface area contributed by atoms with Crippen LogP contribution >= 0.6 is 11.6 Å². The summed E-state index contributed by atoms with van der Waals surface area (Å²) in [7, 11) is 2.10. The van der Waals surface area contributed by atoms with Gasteiger partial charge in [0.1, 0.15) is 11.5 Å². The topological polar surface area (TPSA) is 52.8 Å². The molecule has 180 valence electrons. The average molecular weight is 485 g/mol. The summed E-state index contributed by atoms with van der Waals surface area (Å²) in [6.45, 7) is 7.84. The molecular formula is C26H30ClFN4O2. The first-order chi connectivity index (χ1) is 16.4. The third-order valence-electron chi connectivity index (χ3n) is 6.48. The highest BCUT2D eigenvalue weighted by Gasteiger charge is 2.29. The highest BCUT2D eigenvalue weighted by molar-refractivity contribution is 6.30. The molecule has 3 aromatic rings. The molecule has 0 radical (unpaired) electrons. The molecule has 1 aliphatic rings. The summed E-state index contributed by atoms with van der Waals surface area (Å²) in [6.07, 6.45) is 0.792. The number of hydrogen-bond donors (Lipinski definition) is 0. The van der Waals surface area contributed by atoms with Crippen molar-refractivity contribution in [3.63, 3.8) is 0 Å². The van der Waals surface area contributed by atoms with Crippen LogP contribution in [0.15, 0.2) is 53.1 Å². The molecule has 0 aliphatic carbocycles. The monoisotopic (exact) mass is 484 g/mol. The number of likely N-dealkylation sites (N-methyl/N-ethyl adjacent to an activating group) is 1. The van der Waals surface area contributed by atoms with Crippen molar-refractivity contribution in [1.82, 2.24) is 15.0 Å². The molecule has 0 unspecified atom stereocenters. The number of piperazine rings is 1. The first-order valence-electron chi connectivity index (χ1n) is 11.6. The Bertz CT molecular complexity index is 1110. The molecule has 0 saturated carbocycles. The zero-order valence-corrected chi connectivity index (χ0v) is 20.6. The number of halogens is 2. The maximum atomic E-state index is 13.6. The van der Waals surface area contributed by atoms with E-state index in [1.54, 1.807) is 36.4 Å². The summed E-state index contributed by atoms with van der Waals surface area (Å²) >= 11 is 6.04. The lowest BCUT2D eigenvalue weighted by Gasteiger charge is -2.33. The van der Waals surface area contributed by atoms with Crippen molar-refractivity contribution < 1.29 is 13.7 Å². The Morgan fingerprint density at radius 3 is 2.38 bits per heavy atom. The van der Waals surface area contributed by atoms with Gasteiger partial charge in [-0.2, -0.15) is 0 Å². The summed E-state index contributed by atoms with van der Waals surface area (Å²) in [5.74, 6) is 0.276. The Labute approximate surface area is 204 Å². The zero-order valence-electron chi connectivity index (χ0n) is 19.8. The Morgan fingerprint density at radius 2 is 1.76 bits per heavy atom. The molecule has 1 fully saturated rings. The molecule has 1 aliphatic heterocycles. The summed E-state index contributed by atoms with van der Waals surface area (Å²) in [5.41, 5.74) is 2.79. The van der Waals surface area contributed by atoms with Gasteiger partial charge in [0.15, 0.2) is 0 Å². The van der Waals surface area contributed by atoms with Crippen molar-refractivity contribution in [2.75, 3.05) is 38.1 Å². The van der Waals surface area contributed by atoms with Gasteiger partial charge in [-0.3, -0.25) is 4.79 Å². The Balaban J connectivity index is 1.74. The van der Waals surface area contributed by atoms with E-state index in [0.29, 0.717) is 28.7 Å². The fraction of sp³-hybridized carbons (Fsp3) is 0.385.